The first kappa shape index (κ1) is 18.8. The van der Waals surface area contributed by atoms with E-state index in [1.165, 1.54) is 0 Å². The molecule has 0 saturated carbocycles. The number of aromatic nitrogens is 3. The molecule has 2 aliphatic rings. The molecule has 6 heteroatoms. The number of rotatable bonds is 4. The molecule has 1 fully saturated rings. The van der Waals surface area contributed by atoms with Crippen LogP contribution in [0.25, 0.3) is 11.3 Å². The zero-order valence-corrected chi connectivity index (χ0v) is 16.8. The molecular weight excluding hydrogens is 374 g/mol. The van der Waals surface area contributed by atoms with E-state index in [9.17, 15) is 0 Å². The summed E-state index contributed by atoms with van der Waals surface area (Å²) in [5.41, 5.74) is 12.8. The van der Waals surface area contributed by atoms with Crippen molar-refractivity contribution in [3.05, 3.63) is 90.0 Å². The zero-order chi connectivity index (χ0) is 20.4. The van der Waals surface area contributed by atoms with E-state index < -0.39 is 0 Å². The highest BCUT2D eigenvalue weighted by atomic mass is 16.5. The Morgan fingerprint density at radius 3 is 2.60 bits per heavy atom. The van der Waals surface area contributed by atoms with Crippen LogP contribution in [0, 0.1) is 0 Å². The topological polar surface area (TPSA) is 80.1 Å². The monoisotopic (exact) mass is 399 g/mol. The first-order valence-corrected chi connectivity index (χ1v) is 10.3. The molecule has 6 nitrogen and oxygen atoms in total. The number of pyridine rings is 1. The Morgan fingerprint density at radius 2 is 1.90 bits per heavy atom. The molecule has 2 aromatic heterocycles. The Kier molecular flexibility index (Phi) is 4.94. The van der Waals surface area contributed by atoms with E-state index in [1.807, 2.05) is 36.8 Å². The van der Waals surface area contributed by atoms with Crippen molar-refractivity contribution in [2.75, 3.05) is 24.7 Å². The van der Waals surface area contributed by atoms with Crippen molar-refractivity contribution in [1.82, 2.24) is 15.2 Å². The summed E-state index contributed by atoms with van der Waals surface area (Å²) in [6.45, 7) is 2.20. The normalized spacial score (nSPS) is 18.6. The highest BCUT2D eigenvalue weighted by Crippen LogP contribution is 2.37. The van der Waals surface area contributed by atoms with Gasteiger partial charge in [0, 0.05) is 43.3 Å². The van der Waals surface area contributed by atoms with Crippen LogP contribution in [0.2, 0.25) is 0 Å². The molecule has 0 unspecified atom stereocenters. The van der Waals surface area contributed by atoms with Gasteiger partial charge in [0.05, 0.1) is 23.3 Å². The third kappa shape index (κ3) is 3.44. The largest absolute Gasteiger partial charge is 0.381 e. The number of H-pyrrole nitrogens is 1. The Labute approximate surface area is 176 Å². The summed E-state index contributed by atoms with van der Waals surface area (Å²) < 4.78 is 5.51. The zero-order valence-electron chi connectivity index (χ0n) is 16.8. The van der Waals surface area contributed by atoms with Crippen molar-refractivity contribution in [1.29, 1.82) is 0 Å². The third-order valence-electron chi connectivity index (χ3n) is 5.95. The number of nitrogens with one attached hydrogen (secondary N) is 1. The van der Waals surface area contributed by atoms with Crippen LogP contribution in [0.5, 0.6) is 0 Å². The Balaban J connectivity index is 1.60. The lowest BCUT2D eigenvalue weighted by Crippen LogP contribution is -2.42. The van der Waals surface area contributed by atoms with E-state index >= 15 is 0 Å². The molecule has 152 valence electrons. The van der Waals surface area contributed by atoms with Gasteiger partial charge in [0.2, 0.25) is 0 Å². The molecule has 30 heavy (non-hydrogen) atoms. The van der Waals surface area contributed by atoms with Crippen LogP contribution >= 0.6 is 0 Å². The number of hydrogen-bond acceptors (Lipinski definition) is 5. The maximum atomic E-state index is 6.70. The summed E-state index contributed by atoms with van der Waals surface area (Å²) in [6.07, 6.45) is 11.6. The summed E-state index contributed by atoms with van der Waals surface area (Å²) in [6, 6.07) is 14.7. The molecule has 0 radical (unpaired) electrons. The van der Waals surface area contributed by atoms with Gasteiger partial charge < -0.3 is 15.4 Å². The molecule has 2 aliphatic heterocycles. The van der Waals surface area contributed by atoms with Gasteiger partial charge >= 0.3 is 0 Å². The van der Waals surface area contributed by atoms with Gasteiger partial charge in [0.1, 0.15) is 0 Å². The molecule has 0 bridgehead atoms. The van der Waals surface area contributed by atoms with Crippen LogP contribution < -0.4 is 10.6 Å². The fraction of sp³-hybridized carbons (Fsp3) is 0.250. The fourth-order valence-corrected chi connectivity index (χ4v) is 4.24. The maximum Gasteiger partial charge on any atom is 0.0797 e. The minimum absolute atomic E-state index is 0.314. The summed E-state index contributed by atoms with van der Waals surface area (Å²) in [7, 11) is 0. The first-order chi connectivity index (χ1) is 14.7. The average Bonchev–Trinajstić information content (AvgIpc) is 3.35. The molecule has 0 amide bonds. The van der Waals surface area contributed by atoms with Crippen LogP contribution in [0.1, 0.15) is 29.7 Å². The third-order valence-corrected chi connectivity index (χ3v) is 5.95. The van der Waals surface area contributed by atoms with Gasteiger partial charge in [-0.2, -0.15) is 5.10 Å². The van der Waals surface area contributed by atoms with E-state index in [0.717, 1.165) is 53.2 Å². The lowest BCUT2D eigenvalue weighted by molar-refractivity contribution is 0.0522. The quantitative estimate of drug-likeness (QED) is 0.699. The Hall–Kier alpha value is -3.22. The lowest BCUT2D eigenvalue weighted by atomic mass is 9.83. The van der Waals surface area contributed by atoms with Crippen LogP contribution in [-0.2, 0) is 10.3 Å². The molecule has 3 N–H and O–H groups in total. The van der Waals surface area contributed by atoms with Crippen LogP contribution in [0.3, 0.4) is 0 Å². The predicted octanol–water partition coefficient (Wildman–Crippen LogP) is 3.71. The second-order valence-electron chi connectivity index (χ2n) is 7.79. The maximum absolute atomic E-state index is 6.70. The van der Waals surface area contributed by atoms with Crippen molar-refractivity contribution in [3.8, 4) is 0 Å². The van der Waals surface area contributed by atoms with Crippen molar-refractivity contribution < 1.29 is 4.74 Å². The standard InChI is InChI=1S/C24H25N5O/c25-24(10-14-30-15-11-24)19-8-6-18(7-9-19)23-21(22-5-1-2-12-26-22)4-3-13-29(23)20-16-27-28-17-20/h1-9,12,16-17H,10-11,13-15,25H2,(H,27,28). The van der Waals surface area contributed by atoms with Crippen molar-refractivity contribution in [2.45, 2.75) is 18.4 Å². The highest BCUT2D eigenvalue weighted by molar-refractivity contribution is 6.01. The van der Waals surface area contributed by atoms with Gasteiger partial charge in [-0.3, -0.25) is 10.1 Å². The van der Waals surface area contributed by atoms with Gasteiger partial charge in [-0.25, -0.2) is 0 Å². The van der Waals surface area contributed by atoms with Gasteiger partial charge in [0.25, 0.3) is 0 Å². The molecule has 4 heterocycles. The number of nitrogens with two attached hydrogens (primary N) is 1. The number of anilines is 1. The number of aromatic amines is 1. The number of ether oxygens (including phenoxy) is 1. The number of nitrogens with zero attached hydrogens (tertiary/aromatic N) is 3. The van der Waals surface area contributed by atoms with Crippen LogP contribution in [0.15, 0.2) is 73.2 Å². The molecule has 0 aliphatic carbocycles. The number of benzene rings is 1. The van der Waals surface area contributed by atoms with E-state index in [2.05, 4.69) is 56.5 Å². The van der Waals surface area contributed by atoms with E-state index in [4.69, 9.17) is 10.5 Å². The van der Waals surface area contributed by atoms with Crippen LogP contribution in [-0.4, -0.2) is 34.9 Å². The van der Waals surface area contributed by atoms with E-state index in [-0.39, 0.29) is 5.54 Å². The SMILES string of the molecule is NC1(c2ccc(C3=C(c4ccccn4)C=CCN3c3cn[nH]c3)cc2)CCOCC1. The first-order valence-electron chi connectivity index (χ1n) is 10.3. The molecular formula is C24H25N5O. The number of allylic oxidation sites excluding steroid dienone is 2. The second kappa shape index (κ2) is 7.89. The van der Waals surface area contributed by atoms with Gasteiger partial charge in [-0.1, -0.05) is 42.5 Å². The Bertz CT molecular complexity index is 1050. The van der Waals surface area contributed by atoms with E-state index in [1.54, 1.807) is 0 Å². The molecule has 0 spiro atoms. The summed E-state index contributed by atoms with van der Waals surface area (Å²) in [4.78, 5) is 6.86. The molecule has 5 rings (SSSR count). The number of hydrogen-bond donors (Lipinski definition) is 2. The van der Waals surface area contributed by atoms with Crippen molar-refractivity contribution in [2.24, 2.45) is 5.73 Å². The lowest BCUT2D eigenvalue weighted by Gasteiger charge is -2.34. The highest BCUT2D eigenvalue weighted by Gasteiger charge is 2.30. The summed E-state index contributed by atoms with van der Waals surface area (Å²) in [5, 5.41) is 7.08. The smallest absolute Gasteiger partial charge is 0.0797 e. The van der Waals surface area contributed by atoms with Gasteiger partial charge in [-0.15, -0.1) is 0 Å². The minimum Gasteiger partial charge on any atom is -0.381 e. The van der Waals surface area contributed by atoms with Crippen molar-refractivity contribution >= 4 is 17.0 Å². The van der Waals surface area contributed by atoms with E-state index in [0.29, 0.717) is 13.2 Å². The van der Waals surface area contributed by atoms with Gasteiger partial charge in [-0.05, 0) is 36.1 Å². The molecule has 1 aromatic carbocycles. The van der Waals surface area contributed by atoms with Gasteiger partial charge in [0.15, 0.2) is 0 Å². The molecule has 0 atom stereocenters. The van der Waals surface area contributed by atoms with Crippen LogP contribution in [0.4, 0.5) is 5.69 Å². The minimum atomic E-state index is -0.314. The Morgan fingerprint density at radius 1 is 1.07 bits per heavy atom. The average molecular weight is 399 g/mol. The fourth-order valence-electron chi connectivity index (χ4n) is 4.24. The second-order valence-corrected chi connectivity index (χ2v) is 7.79. The predicted molar refractivity (Wildman–Crippen MR) is 118 cm³/mol. The molecule has 1 saturated heterocycles. The summed E-state index contributed by atoms with van der Waals surface area (Å²) >= 11 is 0. The molecule has 3 aromatic rings. The van der Waals surface area contributed by atoms with Crippen molar-refractivity contribution in [3.63, 3.8) is 0 Å². The summed E-state index contributed by atoms with van der Waals surface area (Å²) in [5.74, 6) is 0.